The summed E-state index contributed by atoms with van der Waals surface area (Å²) in [4.78, 5) is 14.3. The first-order valence-corrected chi connectivity index (χ1v) is 6.89. The van der Waals surface area contributed by atoms with E-state index >= 15 is 0 Å². The van der Waals surface area contributed by atoms with Gasteiger partial charge in [0.25, 0.3) is 0 Å². The topological polar surface area (TPSA) is 20.3 Å². The standard InChI is InChI=1S/C16H23NO/c1-12-8-9-13(2)14(10-12)11-16(18)17(3)15-6-4-5-7-15/h8-10,15H,4-7,11H2,1-3H3. The number of nitrogens with zero attached hydrogens (tertiary/aromatic N) is 1. The molecule has 18 heavy (non-hydrogen) atoms. The Labute approximate surface area is 110 Å². The number of hydrogen-bond donors (Lipinski definition) is 0. The van der Waals surface area contributed by atoms with Gasteiger partial charge in [-0.15, -0.1) is 0 Å². The first-order chi connectivity index (χ1) is 8.58. The molecule has 0 N–H and O–H groups in total. The van der Waals surface area contributed by atoms with Gasteiger partial charge in [-0.3, -0.25) is 4.79 Å². The van der Waals surface area contributed by atoms with Gasteiger partial charge < -0.3 is 4.90 Å². The molecule has 98 valence electrons. The van der Waals surface area contributed by atoms with Crippen LogP contribution in [0.15, 0.2) is 18.2 Å². The Hall–Kier alpha value is -1.31. The van der Waals surface area contributed by atoms with Crippen molar-refractivity contribution in [2.24, 2.45) is 0 Å². The molecule has 1 aliphatic carbocycles. The maximum absolute atomic E-state index is 12.3. The number of benzene rings is 1. The SMILES string of the molecule is Cc1ccc(C)c(CC(=O)N(C)C2CCCC2)c1. The zero-order chi connectivity index (χ0) is 13.1. The molecule has 1 aromatic carbocycles. The first kappa shape index (κ1) is 13.1. The molecule has 0 aliphatic heterocycles. The summed E-state index contributed by atoms with van der Waals surface area (Å²) < 4.78 is 0. The van der Waals surface area contributed by atoms with Gasteiger partial charge in [-0.1, -0.05) is 36.6 Å². The average molecular weight is 245 g/mol. The lowest BCUT2D eigenvalue weighted by atomic mass is 10.0. The van der Waals surface area contributed by atoms with E-state index in [-0.39, 0.29) is 5.91 Å². The van der Waals surface area contributed by atoms with Crippen LogP contribution in [0.25, 0.3) is 0 Å². The smallest absolute Gasteiger partial charge is 0.226 e. The molecule has 2 rings (SSSR count). The minimum Gasteiger partial charge on any atom is -0.342 e. The van der Waals surface area contributed by atoms with Crippen LogP contribution in [0.5, 0.6) is 0 Å². The third-order valence-electron chi connectivity index (χ3n) is 4.11. The highest BCUT2D eigenvalue weighted by molar-refractivity contribution is 5.79. The van der Waals surface area contributed by atoms with Crippen molar-refractivity contribution in [2.75, 3.05) is 7.05 Å². The van der Waals surface area contributed by atoms with Crippen molar-refractivity contribution >= 4 is 5.91 Å². The largest absolute Gasteiger partial charge is 0.342 e. The molecule has 0 heterocycles. The molecule has 1 fully saturated rings. The van der Waals surface area contributed by atoms with Crippen LogP contribution in [0.1, 0.15) is 42.4 Å². The van der Waals surface area contributed by atoms with E-state index in [0.717, 1.165) is 0 Å². The Morgan fingerprint density at radius 1 is 1.28 bits per heavy atom. The Morgan fingerprint density at radius 3 is 2.61 bits per heavy atom. The van der Waals surface area contributed by atoms with Crippen molar-refractivity contribution in [1.29, 1.82) is 0 Å². The molecular weight excluding hydrogens is 222 g/mol. The average Bonchev–Trinajstić information content (AvgIpc) is 2.86. The van der Waals surface area contributed by atoms with E-state index in [0.29, 0.717) is 12.5 Å². The van der Waals surface area contributed by atoms with Crippen molar-refractivity contribution in [3.05, 3.63) is 34.9 Å². The number of rotatable bonds is 3. The van der Waals surface area contributed by atoms with Gasteiger partial charge >= 0.3 is 0 Å². The van der Waals surface area contributed by atoms with E-state index in [1.165, 1.54) is 42.4 Å². The fourth-order valence-electron chi connectivity index (χ4n) is 2.77. The molecule has 1 amide bonds. The summed E-state index contributed by atoms with van der Waals surface area (Å²) in [6, 6.07) is 6.82. The number of likely N-dealkylation sites (N-methyl/N-ethyl adjacent to an activating group) is 1. The van der Waals surface area contributed by atoms with Crippen LogP contribution in [-0.2, 0) is 11.2 Å². The Bertz CT molecular complexity index is 433. The van der Waals surface area contributed by atoms with E-state index in [1.54, 1.807) is 0 Å². The van der Waals surface area contributed by atoms with Gasteiger partial charge in [0.2, 0.25) is 5.91 Å². The number of carbonyl (C=O) groups excluding carboxylic acids is 1. The highest BCUT2D eigenvalue weighted by atomic mass is 16.2. The molecule has 2 nitrogen and oxygen atoms in total. The summed E-state index contributed by atoms with van der Waals surface area (Å²) in [6.45, 7) is 4.16. The molecule has 1 aliphatic rings. The summed E-state index contributed by atoms with van der Waals surface area (Å²) in [5.41, 5.74) is 3.62. The van der Waals surface area contributed by atoms with Crippen LogP contribution in [0.3, 0.4) is 0 Å². The number of amides is 1. The van der Waals surface area contributed by atoms with Crippen molar-refractivity contribution in [2.45, 2.75) is 52.0 Å². The highest BCUT2D eigenvalue weighted by Crippen LogP contribution is 2.23. The maximum atomic E-state index is 12.3. The Balaban J connectivity index is 2.03. The number of carbonyl (C=O) groups is 1. The number of hydrogen-bond acceptors (Lipinski definition) is 1. The number of aryl methyl sites for hydroxylation is 2. The lowest BCUT2D eigenvalue weighted by Crippen LogP contribution is -2.36. The fraction of sp³-hybridized carbons (Fsp3) is 0.562. The second-order valence-corrected chi connectivity index (χ2v) is 5.55. The van der Waals surface area contributed by atoms with E-state index < -0.39 is 0 Å². The van der Waals surface area contributed by atoms with Crippen LogP contribution >= 0.6 is 0 Å². The summed E-state index contributed by atoms with van der Waals surface area (Å²) in [7, 11) is 1.96. The Kier molecular flexibility index (Phi) is 4.05. The molecule has 0 atom stereocenters. The van der Waals surface area contributed by atoms with E-state index in [9.17, 15) is 4.79 Å². The normalized spacial score (nSPS) is 15.9. The van der Waals surface area contributed by atoms with Gasteiger partial charge in [0.1, 0.15) is 0 Å². The van der Waals surface area contributed by atoms with Crippen molar-refractivity contribution in [3.63, 3.8) is 0 Å². The minimum absolute atomic E-state index is 0.260. The lowest BCUT2D eigenvalue weighted by Gasteiger charge is -2.24. The molecule has 1 aromatic rings. The quantitative estimate of drug-likeness (QED) is 0.800. The van der Waals surface area contributed by atoms with E-state index in [4.69, 9.17) is 0 Å². The van der Waals surface area contributed by atoms with E-state index in [2.05, 4.69) is 32.0 Å². The van der Waals surface area contributed by atoms with Crippen LogP contribution in [0.2, 0.25) is 0 Å². The van der Waals surface area contributed by atoms with Crippen LogP contribution < -0.4 is 0 Å². The van der Waals surface area contributed by atoms with Crippen LogP contribution in [0.4, 0.5) is 0 Å². The van der Waals surface area contributed by atoms with Crippen molar-refractivity contribution in [3.8, 4) is 0 Å². The summed E-state index contributed by atoms with van der Waals surface area (Å²) in [5.74, 6) is 0.260. The third kappa shape index (κ3) is 2.92. The molecule has 0 unspecified atom stereocenters. The molecule has 1 saturated carbocycles. The van der Waals surface area contributed by atoms with Crippen molar-refractivity contribution < 1.29 is 4.79 Å². The predicted molar refractivity (Wildman–Crippen MR) is 74.6 cm³/mol. The molecule has 0 bridgehead atoms. The van der Waals surface area contributed by atoms with Gasteiger partial charge in [-0.2, -0.15) is 0 Å². The minimum atomic E-state index is 0.260. The zero-order valence-electron chi connectivity index (χ0n) is 11.7. The molecule has 0 aromatic heterocycles. The first-order valence-electron chi connectivity index (χ1n) is 6.89. The molecule has 0 saturated heterocycles. The zero-order valence-corrected chi connectivity index (χ0v) is 11.7. The summed E-state index contributed by atoms with van der Waals surface area (Å²) in [5, 5.41) is 0. The Morgan fingerprint density at radius 2 is 1.94 bits per heavy atom. The highest BCUT2D eigenvalue weighted by Gasteiger charge is 2.23. The van der Waals surface area contributed by atoms with Gasteiger partial charge in [0.05, 0.1) is 6.42 Å². The van der Waals surface area contributed by atoms with E-state index in [1.807, 2.05) is 11.9 Å². The summed E-state index contributed by atoms with van der Waals surface area (Å²) >= 11 is 0. The molecular formula is C16H23NO. The van der Waals surface area contributed by atoms with Crippen LogP contribution in [-0.4, -0.2) is 23.9 Å². The lowest BCUT2D eigenvalue weighted by molar-refractivity contribution is -0.131. The maximum Gasteiger partial charge on any atom is 0.226 e. The van der Waals surface area contributed by atoms with Gasteiger partial charge in [-0.05, 0) is 37.8 Å². The van der Waals surface area contributed by atoms with Gasteiger partial charge in [0.15, 0.2) is 0 Å². The second kappa shape index (κ2) is 5.55. The van der Waals surface area contributed by atoms with Crippen LogP contribution in [0, 0.1) is 13.8 Å². The van der Waals surface area contributed by atoms with Gasteiger partial charge in [-0.25, -0.2) is 0 Å². The molecule has 0 radical (unpaired) electrons. The summed E-state index contributed by atoms with van der Waals surface area (Å²) in [6.07, 6.45) is 5.43. The monoisotopic (exact) mass is 245 g/mol. The van der Waals surface area contributed by atoms with Gasteiger partial charge in [0, 0.05) is 13.1 Å². The molecule has 2 heteroatoms. The third-order valence-corrected chi connectivity index (χ3v) is 4.11. The molecule has 0 spiro atoms. The second-order valence-electron chi connectivity index (χ2n) is 5.55. The predicted octanol–water partition coefficient (Wildman–Crippen LogP) is 3.25. The van der Waals surface area contributed by atoms with Crippen molar-refractivity contribution in [1.82, 2.24) is 4.90 Å². The fourth-order valence-corrected chi connectivity index (χ4v) is 2.77.